The third kappa shape index (κ3) is 7.35. The van der Waals surface area contributed by atoms with E-state index in [9.17, 15) is 14.0 Å². The number of para-hydroxylation sites is 1. The highest BCUT2D eigenvalue weighted by molar-refractivity contribution is 6.00. The van der Waals surface area contributed by atoms with E-state index in [2.05, 4.69) is 22.8 Å². The predicted molar refractivity (Wildman–Crippen MR) is 126 cm³/mol. The smallest absolute Gasteiger partial charge is 0.323 e. The third-order valence-electron chi connectivity index (χ3n) is 5.13. The molecule has 0 bridgehead atoms. The summed E-state index contributed by atoms with van der Waals surface area (Å²) in [4.78, 5) is 23.6. The summed E-state index contributed by atoms with van der Waals surface area (Å²) < 4.78 is 19.8. The van der Waals surface area contributed by atoms with Crippen LogP contribution in [0.3, 0.4) is 0 Å². The molecule has 0 aromatic heterocycles. The number of aliphatic carboxylic acids is 1. The van der Waals surface area contributed by atoms with Gasteiger partial charge < -0.3 is 20.5 Å². The molecule has 0 heterocycles. The zero-order chi connectivity index (χ0) is 23.6. The van der Waals surface area contributed by atoms with E-state index >= 15 is 0 Å². The number of hydrogen-bond acceptors (Lipinski definition) is 3. The Bertz CT molecular complexity index is 1090. The van der Waals surface area contributed by atoms with Crippen LogP contribution in [0.1, 0.15) is 36.8 Å². The fourth-order valence-corrected chi connectivity index (χ4v) is 3.40. The number of aryl methyl sites for hydroxylation is 1. The Morgan fingerprint density at radius 2 is 1.67 bits per heavy atom. The first-order valence-electron chi connectivity index (χ1n) is 10.8. The highest BCUT2D eigenvalue weighted by Crippen LogP contribution is 2.31. The number of benzene rings is 3. The van der Waals surface area contributed by atoms with Crippen LogP contribution in [-0.2, 0) is 11.2 Å². The molecule has 0 aliphatic carbocycles. The Hall–Kier alpha value is -3.87. The maximum atomic E-state index is 13.9. The number of urea groups is 1. The minimum atomic E-state index is -0.907. The number of nitrogens with one attached hydrogen (secondary N) is 2. The lowest BCUT2D eigenvalue weighted by atomic mass is 9.97. The number of carbonyl (C=O) groups excluding carboxylic acids is 1. The van der Waals surface area contributed by atoms with Crippen LogP contribution in [0.5, 0.6) is 5.75 Å². The molecule has 3 aromatic carbocycles. The molecule has 3 N–H and O–H groups in total. The number of carboxylic acids is 1. The molecular weight excluding hydrogens is 423 g/mol. The molecule has 6 nitrogen and oxygen atoms in total. The van der Waals surface area contributed by atoms with E-state index in [0.29, 0.717) is 18.0 Å². The van der Waals surface area contributed by atoms with Crippen molar-refractivity contribution in [3.8, 4) is 5.75 Å². The normalized spacial score (nSPS) is 11.5. The molecule has 0 saturated carbocycles. The average molecular weight is 451 g/mol. The first-order valence-corrected chi connectivity index (χ1v) is 10.8. The highest BCUT2D eigenvalue weighted by Gasteiger charge is 2.15. The van der Waals surface area contributed by atoms with Gasteiger partial charge in [-0.3, -0.25) is 4.79 Å². The highest BCUT2D eigenvalue weighted by atomic mass is 19.1. The van der Waals surface area contributed by atoms with Gasteiger partial charge in [0.15, 0.2) is 0 Å². The molecule has 0 radical (unpaired) electrons. The minimum absolute atomic E-state index is 0.0435. The van der Waals surface area contributed by atoms with Gasteiger partial charge in [0.1, 0.15) is 11.6 Å². The van der Waals surface area contributed by atoms with Crippen LogP contribution in [0.2, 0.25) is 0 Å². The van der Waals surface area contributed by atoms with Gasteiger partial charge >= 0.3 is 12.0 Å². The van der Waals surface area contributed by atoms with Gasteiger partial charge in [0.25, 0.3) is 0 Å². The lowest BCUT2D eigenvalue weighted by Gasteiger charge is -2.17. The van der Waals surface area contributed by atoms with Gasteiger partial charge in [0.05, 0.1) is 24.4 Å². The zero-order valence-electron chi connectivity index (χ0n) is 18.4. The summed E-state index contributed by atoms with van der Waals surface area (Å²) in [6.07, 6.45) is 1.59. The quantitative estimate of drug-likeness (QED) is 0.328. The number of carboxylic acid groups (broad SMARTS) is 1. The Balaban J connectivity index is 1.71. The van der Waals surface area contributed by atoms with Crippen LogP contribution in [0.15, 0.2) is 72.8 Å². The number of anilines is 2. The number of amides is 2. The number of hydrogen-bond donors (Lipinski definition) is 3. The van der Waals surface area contributed by atoms with Crippen molar-refractivity contribution >= 4 is 23.4 Å². The summed E-state index contributed by atoms with van der Waals surface area (Å²) in [5.41, 5.74) is 2.39. The number of halogens is 1. The lowest BCUT2D eigenvalue weighted by molar-refractivity contribution is -0.137. The molecule has 7 heteroatoms. The molecule has 3 rings (SSSR count). The van der Waals surface area contributed by atoms with Crippen molar-refractivity contribution in [2.75, 3.05) is 17.2 Å². The fraction of sp³-hybridized carbons (Fsp3) is 0.231. The van der Waals surface area contributed by atoms with Crippen molar-refractivity contribution in [3.63, 3.8) is 0 Å². The Morgan fingerprint density at radius 3 is 2.39 bits per heavy atom. The lowest BCUT2D eigenvalue weighted by Crippen LogP contribution is -2.21. The molecule has 0 fully saturated rings. The second kappa shape index (κ2) is 11.7. The Kier molecular flexibility index (Phi) is 8.41. The minimum Gasteiger partial charge on any atom is -0.491 e. The standard InChI is InChI=1S/C26H27FN2O4/c1-18(16-25(30)31)20-13-14-24(33-15-7-10-19-8-3-2-4-9-19)23(17-20)29-26(32)28-22-12-6-5-11-21(22)27/h2-6,8-9,11-14,17-18H,7,10,15-16H2,1H3,(H,30,31)(H2,28,29,32). The summed E-state index contributed by atoms with van der Waals surface area (Å²) in [7, 11) is 0. The maximum Gasteiger partial charge on any atom is 0.323 e. The average Bonchev–Trinajstić information content (AvgIpc) is 2.79. The molecule has 0 saturated heterocycles. The molecule has 2 amide bonds. The van der Waals surface area contributed by atoms with Gasteiger partial charge in [-0.25, -0.2) is 9.18 Å². The van der Waals surface area contributed by atoms with E-state index < -0.39 is 17.8 Å². The van der Waals surface area contributed by atoms with Gasteiger partial charge in [-0.15, -0.1) is 0 Å². The van der Waals surface area contributed by atoms with Crippen molar-refractivity contribution in [1.29, 1.82) is 0 Å². The summed E-state index contributed by atoms with van der Waals surface area (Å²) in [5, 5.41) is 14.3. The van der Waals surface area contributed by atoms with Crippen molar-refractivity contribution in [2.24, 2.45) is 0 Å². The van der Waals surface area contributed by atoms with E-state index in [4.69, 9.17) is 9.84 Å². The summed E-state index contributed by atoms with van der Waals surface area (Å²) in [5.74, 6) is -1.26. The number of ether oxygens (including phenoxy) is 1. The van der Waals surface area contributed by atoms with E-state index in [1.165, 1.54) is 23.8 Å². The SMILES string of the molecule is CC(CC(=O)O)c1ccc(OCCCc2ccccc2)c(NC(=O)Nc2ccccc2F)c1. The van der Waals surface area contributed by atoms with E-state index in [0.717, 1.165) is 18.4 Å². The van der Waals surface area contributed by atoms with Crippen LogP contribution in [0.25, 0.3) is 0 Å². The summed E-state index contributed by atoms with van der Waals surface area (Å²) >= 11 is 0. The third-order valence-corrected chi connectivity index (χ3v) is 5.13. The van der Waals surface area contributed by atoms with Gasteiger partial charge in [0.2, 0.25) is 0 Å². The second-order valence-corrected chi connectivity index (χ2v) is 7.75. The second-order valence-electron chi connectivity index (χ2n) is 7.75. The van der Waals surface area contributed by atoms with E-state index in [-0.39, 0.29) is 18.0 Å². The molecule has 1 atom stereocenters. The van der Waals surface area contributed by atoms with Crippen molar-refractivity contribution in [3.05, 3.63) is 89.7 Å². The first kappa shape index (κ1) is 23.8. The van der Waals surface area contributed by atoms with Gasteiger partial charge in [-0.1, -0.05) is 55.5 Å². The predicted octanol–water partition coefficient (Wildman–Crippen LogP) is 6.06. The molecule has 3 aromatic rings. The van der Waals surface area contributed by atoms with Gasteiger partial charge in [-0.2, -0.15) is 0 Å². The van der Waals surface area contributed by atoms with Crippen LogP contribution < -0.4 is 15.4 Å². The molecule has 0 spiro atoms. The van der Waals surface area contributed by atoms with Crippen LogP contribution in [0, 0.1) is 5.82 Å². The molecular formula is C26H27FN2O4. The largest absolute Gasteiger partial charge is 0.491 e. The van der Waals surface area contributed by atoms with Crippen LogP contribution in [-0.4, -0.2) is 23.7 Å². The topological polar surface area (TPSA) is 87.7 Å². The first-order chi connectivity index (χ1) is 15.9. The monoisotopic (exact) mass is 450 g/mol. The van der Waals surface area contributed by atoms with Crippen LogP contribution >= 0.6 is 0 Å². The van der Waals surface area contributed by atoms with Crippen LogP contribution in [0.4, 0.5) is 20.6 Å². The molecule has 0 aliphatic heterocycles. The molecule has 172 valence electrons. The Morgan fingerprint density at radius 1 is 0.970 bits per heavy atom. The number of carbonyl (C=O) groups is 2. The zero-order valence-corrected chi connectivity index (χ0v) is 18.4. The van der Waals surface area contributed by atoms with Gasteiger partial charge in [0, 0.05) is 0 Å². The molecule has 0 aliphatic rings. The maximum absolute atomic E-state index is 13.9. The summed E-state index contributed by atoms with van der Waals surface area (Å²) in [6.45, 7) is 2.23. The molecule has 1 unspecified atom stereocenters. The van der Waals surface area contributed by atoms with Crippen molar-refractivity contribution in [2.45, 2.75) is 32.1 Å². The van der Waals surface area contributed by atoms with Gasteiger partial charge in [-0.05, 0) is 54.2 Å². The Labute approximate surface area is 192 Å². The number of rotatable bonds is 10. The fourth-order valence-electron chi connectivity index (χ4n) is 3.40. The van der Waals surface area contributed by atoms with Crippen molar-refractivity contribution in [1.82, 2.24) is 0 Å². The van der Waals surface area contributed by atoms with E-state index in [1.54, 1.807) is 31.2 Å². The molecule has 33 heavy (non-hydrogen) atoms. The summed E-state index contributed by atoms with van der Waals surface area (Å²) in [6, 6.07) is 20.5. The van der Waals surface area contributed by atoms with E-state index in [1.807, 2.05) is 18.2 Å². The van der Waals surface area contributed by atoms with Crippen molar-refractivity contribution < 1.29 is 23.8 Å².